The Balaban J connectivity index is 2.29. The number of Topliss-reactive ketones (excluding diaryl/α,β-unsaturated/α-hetero) is 1. The van der Waals surface area contributed by atoms with Crippen LogP contribution in [0.15, 0.2) is 16.9 Å². The summed E-state index contributed by atoms with van der Waals surface area (Å²) in [4.78, 5) is 15.6. The number of nitrogens with zero attached hydrogens (tertiary/aromatic N) is 4. The monoisotopic (exact) mass is 234 g/mol. The van der Waals surface area contributed by atoms with Crippen LogP contribution in [0.4, 0.5) is 0 Å². The molecule has 0 spiro atoms. The van der Waals surface area contributed by atoms with Crippen LogP contribution in [-0.2, 0) is 11.8 Å². The molecular weight excluding hydrogens is 220 g/mol. The summed E-state index contributed by atoms with van der Waals surface area (Å²) in [5.74, 6) is 0.563. The van der Waals surface area contributed by atoms with Crippen molar-refractivity contribution in [3.8, 4) is 11.4 Å². The van der Waals surface area contributed by atoms with Crippen LogP contribution in [0, 0.1) is 0 Å². The molecule has 1 unspecified atom stereocenters. The summed E-state index contributed by atoms with van der Waals surface area (Å²) in [5.41, 5.74) is 0.779. The van der Waals surface area contributed by atoms with Gasteiger partial charge in [0.05, 0.1) is 17.7 Å². The minimum atomic E-state index is -0.312. The normalized spacial score (nSPS) is 12.6. The van der Waals surface area contributed by atoms with Gasteiger partial charge in [0.2, 0.25) is 11.7 Å². The zero-order valence-electron chi connectivity index (χ0n) is 10.0. The van der Waals surface area contributed by atoms with Gasteiger partial charge in [-0.25, -0.2) is 0 Å². The Morgan fingerprint density at radius 2 is 2.35 bits per heavy atom. The molecule has 0 amide bonds. The standard InChI is InChI=1S/C11H14N4O2/c1-4-9(7(2)16)11-13-10(14-17-11)8-5-12-15(3)6-8/h5-6,9H,4H2,1-3H3. The highest BCUT2D eigenvalue weighted by molar-refractivity contribution is 5.82. The molecule has 0 saturated heterocycles. The Morgan fingerprint density at radius 3 is 2.88 bits per heavy atom. The molecule has 6 nitrogen and oxygen atoms in total. The quantitative estimate of drug-likeness (QED) is 0.802. The number of aromatic nitrogens is 4. The average Bonchev–Trinajstić information content (AvgIpc) is 2.87. The van der Waals surface area contributed by atoms with E-state index >= 15 is 0 Å². The van der Waals surface area contributed by atoms with Gasteiger partial charge >= 0.3 is 0 Å². The second-order valence-corrected chi connectivity index (χ2v) is 3.93. The summed E-state index contributed by atoms with van der Waals surface area (Å²) < 4.78 is 6.78. The van der Waals surface area contributed by atoms with Crippen molar-refractivity contribution >= 4 is 5.78 Å². The number of hydrogen-bond acceptors (Lipinski definition) is 5. The Morgan fingerprint density at radius 1 is 1.59 bits per heavy atom. The molecule has 0 bridgehead atoms. The van der Waals surface area contributed by atoms with Crippen LogP contribution in [0.3, 0.4) is 0 Å². The third-order valence-corrected chi connectivity index (χ3v) is 2.60. The highest BCUT2D eigenvalue weighted by atomic mass is 16.5. The fourth-order valence-corrected chi connectivity index (χ4v) is 1.67. The molecule has 2 heterocycles. The van der Waals surface area contributed by atoms with Gasteiger partial charge < -0.3 is 4.52 Å². The van der Waals surface area contributed by atoms with E-state index < -0.39 is 0 Å². The van der Waals surface area contributed by atoms with E-state index in [1.807, 2.05) is 14.0 Å². The van der Waals surface area contributed by atoms with E-state index in [1.54, 1.807) is 17.1 Å². The molecule has 2 aromatic heterocycles. The maximum atomic E-state index is 11.4. The summed E-state index contributed by atoms with van der Waals surface area (Å²) in [5, 5.41) is 7.89. The lowest BCUT2D eigenvalue weighted by molar-refractivity contribution is -0.119. The molecule has 2 rings (SSSR count). The lowest BCUT2D eigenvalue weighted by Crippen LogP contribution is -2.07. The highest BCUT2D eigenvalue weighted by Crippen LogP contribution is 2.22. The van der Waals surface area contributed by atoms with Crippen LogP contribution < -0.4 is 0 Å². The fourth-order valence-electron chi connectivity index (χ4n) is 1.67. The SMILES string of the molecule is CCC(C(C)=O)c1nc(-c2cnn(C)c2)no1. The second kappa shape index (κ2) is 4.48. The van der Waals surface area contributed by atoms with Crippen molar-refractivity contribution in [3.63, 3.8) is 0 Å². The van der Waals surface area contributed by atoms with Crippen molar-refractivity contribution < 1.29 is 9.32 Å². The van der Waals surface area contributed by atoms with Crippen molar-refractivity contribution in [1.82, 2.24) is 19.9 Å². The number of rotatable bonds is 4. The minimum Gasteiger partial charge on any atom is -0.338 e. The Kier molecular flexibility index (Phi) is 3.03. The fraction of sp³-hybridized carbons (Fsp3) is 0.455. The Bertz CT molecular complexity index is 529. The molecule has 0 aliphatic rings. The summed E-state index contributed by atoms with van der Waals surface area (Å²) in [6.07, 6.45) is 4.11. The predicted molar refractivity (Wildman–Crippen MR) is 60.2 cm³/mol. The van der Waals surface area contributed by atoms with Crippen LogP contribution in [0.5, 0.6) is 0 Å². The van der Waals surface area contributed by atoms with E-state index in [0.29, 0.717) is 18.1 Å². The summed E-state index contributed by atoms with van der Waals surface area (Å²) in [6, 6.07) is 0. The van der Waals surface area contributed by atoms with Crippen molar-refractivity contribution in [3.05, 3.63) is 18.3 Å². The molecule has 0 N–H and O–H groups in total. The Labute approximate surface area is 98.6 Å². The molecule has 17 heavy (non-hydrogen) atoms. The van der Waals surface area contributed by atoms with E-state index in [9.17, 15) is 4.79 Å². The van der Waals surface area contributed by atoms with E-state index in [2.05, 4.69) is 15.2 Å². The topological polar surface area (TPSA) is 73.8 Å². The van der Waals surface area contributed by atoms with E-state index in [0.717, 1.165) is 5.56 Å². The third kappa shape index (κ3) is 2.25. The lowest BCUT2D eigenvalue weighted by atomic mass is 10.0. The van der Waals surface area contributed by atoms with Crippen molar-refractivity contribution in [2.24, 2.45) is 7.05 Å². The molecule has 6 heteroatoms. The molecule has 90 valence electrons. The van der Waals surface area contributed by atoms with Gasteiger partial charge in [0.15, 0.2) is 0 Å². The first-order chi connectivity index (χ1) is 8.11. The van der Waals surface area contributed by atoms with Crippen LogP contribution in [0.25, 0.3) is 11.4 Å². The smallest absolute Gasteiger partial charge is 0.237 e. The van der Waals surface area contributed by atoms with Gasteiger partial charge in [-0.15, -0.1) is 0 Å². The minimum absolute atomic E-state index is 0.0360. The third-order valence-electron chi connectivity index (χ3n) is 2.60. The first-order valence-electron chi connectivity index (χ1n) is 5.45. The molecule has 0 fully saturated rings. The first-order valence-corrected chi connectivity index (χ1v) is 5.45. The van der Waals surface area contributed by atoms with Gasteiger partial charge in [0.1, 0.15) is 5.78 Å². The van der Waals surface area contributed by atoms with Gasteiger partial charge in [-0.1, -0.05) is 12.1 Å². The molecular formula is C11H14N4O2. The number of ketones is 1. The molecule has 0 aliphatic carbocycles. The largest absolute Gasteiger partial charge is 0.338 e. The maximum Gasteiger partial charge on any atom is 0.237 e. The summed E-state index contributed by atoms with van der Waals surface area (Å²) in [7, 11) is 1.81. The first kappa shape index (κ1) is 11.5. The summed E-state index contributed by atoms with van der Waals surface area (Å²) >= 11 is 0. The number of aryl methyl sites for hydroxylation is 1. The second-order valence-electron chi connectivity index (χ2n) is 3.93. The zero-order chi connectivity index (χ0) is 12.4. The molecule has 0 aliphatic heterocycles. The van der Waals surface area contributed by atoms with Gasteiger partial charge in [0, 0.05) is 13.2 Å². The van der Waals surface area contributed by atoms with Crippen molar-refractivity contribution in [1.29, 1.82) is 0 Å². The summed E-state index contributed by atoms with van der Waals surface area (Å²) in [6.45, 7) is 3.45. The van der Waals surface area contributed by atoms with E-state index in [-0.39, 0.29) is 11.7 Å². The highest BCUT2D eigenvalue weighted by Gasteiger charge is 2.22. The van der Waals surface area contributed by atoms with Crippen molar-refractivity contribution in [2.45, 2.75) is 26.2 Å². The number of carbonyl (C=O) groups is 1. The predicted octanol–water partition coefficient (Wildman–Crippen LogP) is 1.55. The molecule has 1 atom stereocenters. The van der Waals surface area contributed by atoms with Gasteiger partial charge in [0.25, 0.3) is 0 Å². The van der Waals surface area contributed by atoms with Crippen LogP contribution >= 0.6 is 0 Å². The molecule has 2 aromatic rings. The van der Waals surface area contributed by atoms with Crippen molar-refractivity contribution in [2.75, 3.05) is 0 Å². The molecule has 0 radical (unpaired) electrons. The average molecular weight is 234 g/mol. The van der Waals surface area contributed by atoms with Gasteiger partial charge in [-0.2, -0.15) is 10.1 Å². The van der Waals surface area contributed by atoms with Crippen LogP contribution in [-0.4, -0.2) is 25.7 Å². The van der Waals surface area contributed by atoms with Crippen LogP contribution in [0.2, 0.25) is 0 Å². The molecule has 0 aromatic carbocycles. The van der Waals surface area contributed by atoms with Crippen LogP contribution in [0.1, 0.15) is 32.1 Å². The van der Waals surface area contributed by atoms with Gasteiger partial charge in [-0.3, -0.25) is 9.48 Å². The number of hydrogen-bond donors (Lipinski definition) is 0. The molecule has 0 saturated carbocycles. The Hall–Kier alpha value is -1.98. The maximum absolute atomic E-state index is 11.4. The number of carbonyl (C=O) groups excluding carboxylic acids is 1. The zero-order valence-corrected chi connectivity index (χ0v) is 10.0. The lowest BCUT2D eigenvalue weighted by Gasteiger charge is -2.03. The van der Waals surface area contributed by atoms with Gasteiger partial charge in [-0.05, 0) is 13.3 Å². The van der Waals surface area contributed by atoms with E-state index in [1.165, 1.54) is 6.92 Å². The van der Waals surface area contributed by atoms with E-state index in [4.69, 9.17) is 4.52 Å².